The molecule has 96 valence electrons. The van der Waals surface area contributed by atoms with E-state index < -0.39 is 0 Å². The predicted octanol–water partition coefficient (Wildman–Crippen LogP) is 2.08. The SMILES string of the molecule is CNCc1ncc(-c2cc(OC)cc(OC)c2)o1. The topological polar surface area (TPSA) is 56.5 Å². The Balaban J connectivity index is 2.35. The van der Waals surface area contributed by atoms with Crippen LogP contribution in [0.5, 0.6) is 11.5 Å². The molecule has 0 aliphatic carbocycles. The van der Waals surface area contributed by atoms with E-state index in [1.807, 2.05) is 25.2 Å². The summed E-state index contributed by atoms with van der Waals surface area (Å²) in [6.07, 6.45) is 1.70. The van der Waals surface area contributed by atoms with E-state index in [9.17, 15) is 0 Å². The molecule has 0 atom stereocenters. The van der Waals surface area contributed by atoms with Gasteiger partial charge in [0.15, 0.2) is 5.76 Å². The molecular weight excluding hydrogens is 232 g/mol. The first-order valence-electron chi connectivity index (χ1n) is 5.59. The lowest BCUT2D eigenvalue weighted by atomic mass is 10.1. The minimum atomic E-state index is 0.598. The summed E-state index contributed by atoms with van der Waals surface area (Å²) in [4.78, 5) is 4.18. The maximum atomic E-state index is 5.62. The molecule has 1 N–H and O–H groups in total. The van der Waals surface area contributed by atoms with Gasteiger partial charge in [-0.3, -0.25) is 0 Å². The Morgan fingerprint density at radius 1 is 1.17 bits per heavy atom. The van der Waals surface area contributed by atoms with Crippen LogP contribution in [0.4, 0.5) is 0 Å². The average molecular weight is 248 g/mol. The molecular formula is C13H16N2O3. The number of nitrogens with one attached hydrogen (secondary N) is 1. The number of nitrogens with zero attached hydrogens (tertiary/aromatic N) is 1. The van der Waals surface area contributed by atoms with Crippen LogP contribution in [0, 0.1) is 0 Å². The second-order valence-corrected chi connectivity index (χ2v) is 3.75. The number of oxazole rings is 1. The maximum Gasteiger partial charge on any atom is 0.208 e. The van der Waals surface area contributed by atoms with Gasteiger partial charge in [0.25, 0.3) is 0 Å². The third-order valence-electron chi connectivity index (χ3n) is 2.52. The molecule has 2 rings (SSSR count). The molecule has 0 fully saturated rings. The Labute approximate surface area is 106 Å². The predicted molar refractivity (Wildman–Crippen MR) is 67.8 cm³/mol. The highest BCUT2D eigenvalue weighted by molar-refractivity contribution is 5.61. The Bertz CT molecular complexity index is 500. The van der Waals surface area contributed by atoms with Gasteiger partial charge in [-0.25, -0.2) is 4.98 Å². The first-order chi connectivity index (χ1) is 8.76. The number of benzene rings is 1. The molecule has 0 bridgehead atoms. The van der Waals surface area contributed by atoms with Gasteiger partial charge >= 0.3 is 0 Å². The molecule has 0 spiro atoms. The van der Waals surface area contributed by atoms with Crippen molar-refractivity contribution in [3.05, 3.63) is 30.3 Å². The van der Waals surface area contributed by atoms with Gasteiger partial charge in [-0.1, -0.05) is 0 Å². The Morgan fingerprint density at radius 2 is 1.83 bits per heavy atom. The van der Waals surface area contributed by atoms with Crippen molar-refractivity contribution in [2.75, 3.05) is 21.3 Å². The van der Waals surface area contributed by atoms with Crippen molar-refractivity contribution in [1.82, 2.24) is 10.3 Å². The fourth-order valence-corrected chi connectivity index (χ4v) is 1.63. The smallest absolute Gasteiger partial charge is 0.208 e. The molecule has 0 aliphatic heterocycles. The summed E-state index contributed by atoms with van der Waals surface area (Å²) in [5, 5.41) is 2.99. The van der Waals surface area contributed by atoms with Gasteiger partial charge in [-0.15, -0.1) is 0 Å². The summed E-state index contributed by atoms with van der Waals surface area (Å²) in [6.45, 7) is 0.598. The molecule has 0 saturated heterocycles. The van der Waals surface area contributed by atoms with E-state index in [2.05, 4.69) is 10.3 Å². The minimum absolute atomic E-state index is 0.598. The highest BCUT2D eigenvalue weighted by atomic mass is 16.5. The van der Waals surface area contributed by atoms with Crippen molar-refractivity contribution in [3.63, 3.8) is 0 Å². The summed E-state index contributed by atoms with van der Waals surface area (Å²) in [7, 11) is 5.08. The lowest BCUT2D eigenvalue weighted by Gasteiger charge is -2.06. The summed E-state index contributed by atoms with van der Waals surface area (Å²) in [5.74, 6) is 2.78. The molecule has 0 amide bonds. The number of hydrogen-bond donors (Lipinski definition) is 1. The van der Waals surface area contributed by atoms with Crippen LogP contribution in [0.3, 0.4) is 0 Å². The number of rotatable bonds is 5. The number of ether oxygens (including phenoxy) is 2. The first-order valence-corrected chi connectivity index (χ1v) is 5.59. The van der Waals surface area contributed by atoms with Gasteiger partial charge in [0.1, 0.15) is 11.5 Å². The number of aromatic nitrogens is 1. The Hall–Kier alpha value is -2.01. The van der Waals surface area contributed by atoms with Crippen LogP contribution in [-0.2, 0) is 6.54 Å². The van der Waals surface area contributed by atoms with E-state index in [-0.39, 0.29) is 0 Å². The molecule has 18 heavy (non-hydrogen) atoms. The lowest BCUT2D eigenvalue weighted by Crippen LogP contribution is -2.04. The maximum absolute atomic E-state index is 5.62. The molecule has 1 heterocycles. The van der Waals surface area contributed by atoms with E-state index in [1.54, 1.807) is 20.4 Å². The second kappa shape index (κ2) is 5.55. The van der Waals surface area contributed by atoms with Crippen LogP contribution >= 0.6 is 0 Å². The fraction of sp³-hybridized carbons (Fsp3) is 0.308. The van der Waals surface area contributed by atoms with E-state index in [1.165, 1.54) is 0 Å². The number of methoxy groups -OCH3 is 2. The Morgan fingerprint density at radius 3 is 2.39 bits per heavy atom. The third kappa shape index (κ3) is 2.62. The average Bonchev–Trinajstić information content (AvgIpc) is 2.87. The van der Waals surface area contributed by atoms with Crippen molar-refractivity contribution in [3.8, 4) is 22.8 Å². The van der Waals surface area contributed by atoms with E-state index in [0.717, 1.165) is 17.1 Å². The molecule has 0 saturated carbocycles. The number of hydrogen-bond acceptors (Lipinski definition) is 5. The molecule has 5 nitrogen and oxygen atoms in total. The summed E-state index contributed by atoms with van der Waals surface area (Å²) < 4.78 is 16.1. The quantitative estimate of drug-likeness (QED) is 0.878. The van der Waals surface area contributed by atoms with Gasteiger partial charge in [0.05, 0.1) is 27.0 Å². The standard InChI is InChI=1S/C13H16N2O3/c1-14-8-13-15-7-12(18-13)9-4-10(16-2)6-11(5-9)17-3/h4-7,14H,8H2,1-3H3. The van der Waals surface area contributed by atoms with Crippen molar-refractivity contribution < 1.29 is 13.9 Å². The van der Waals surface area contributed by atoms with Crippen LogP contribution in [0.15, 0.2) is 28.8 Å². The van der Waals surface area contributed by atoms with Crippen LogP contribution in [0.25, 0.3) is 11.3 Å². The molecule has 1 aromatic heterocycles. The normalized spacial score (nSPS) is 10.4. The molecule has 0 radical (unpaired) electrons. The zero-order valence-electron chi connectivity index (χ0n) is 10.7. The highest BCUT2D eigenvalue weighted by Crippen LogP contribution is 2.30. The molecule has 5 heteroatoms. The van der Waals surface area contributed by atoms with Crippen LogP contribution < -0.4 is 14.8 Å². The zero-order valence-corrected chi connectivity index (χ0v) is 10.7. The lowest BCUT2D eigenvalue weighted by molar-refractivity contribution is 0.394. The van der Waals surface area contributed by atoms with Gasteiger partial charge in [0.2, 0.25) is 5.89 Å². The second-order valence-electron chi connectivity index (χ2n) is 3.75. The first kappa shape index (κ1) is 12.4. The highest BCUT2D eigenvalue weighted by Gasteiger charge is 2.09. The zero-order chi connectivity index (χ0) is 13.0. The van der Waals surface area contributed by atoms with Crippen molar-refractivity contribution in [2.24, 2.45) is 0 Å². The van der Waals surface area contributed by atoms with E-state index >= 15 is 0 Å². The van der Waals surface area contributed by atoms with Crippen LogP contribution in [0.2, 0.25) is 0 Å². The summed E-state index contributed by atoms with van der Waals surface area (Å²) in [6, 6.07) is 5.58. The van der Waals surface area contributed by atoms with Gasteiger partial charge in [0, 0.05) is 11.6 Å². The van der Waals surface area contributed by atoms with Crippen molar-refractivity contribution in [1.29, 1.82) is 0 Å². The largest absolute Gasteiger partial charge is 0.497 e. The fourth-order valence-electron chi connectivity index (χ4n) is 1.63. The monoisotopic (exact) mass is 248 g/mol. The molecule has 1 aromatic carbocycles. The van der Waals surface area contributed by atoms with Gasteiger partial charge in [-0.05, 0) is 19.2 Å². The van der Waals surface area contributed by atoms with Crippen LogP contribution in [-0.4, -0.2) is 26.3 Å². The summed E-state index contributed by atoms with van der Waals surface area (Å²) in [5.41, 5.74) is 0.876. The summed E-state index contributed by atoms with van der Waals surface area (Å²) >= 11 is 0. The minimum Gasteiger partial charge on any atom is -0.497 e. The van der Waals surface area contributed by atoms with E-state index in [4.69, 9.17) is 13.9 Å². The van der Waals surface area contributed by atoms with Crippen molar-refractivity contribution in [2.45, 2.75) is 6.54 Å². The Kier molecular flexibility index (Phi) is 3.84. The van der Waals surface area contributed by atoms with Gasteiger partial charge < -0.3 is 19.2 Å². The molecule has 0 unspecified atom stereocenters. The molecule has 0 aliphatic rings. The third-order valence-corrected chi connectivity index (χ3v) is 2.52. The van der Waals surface area contributed by atoms with Crippen LogP contribution in [0.1, 0.15) is 5.89 Å². The van der Waals surface area contributed by atoms with Crippen molar-refractivity contribution >= 4 is 0 Å². The molecule has 2 aromatic rings. The van der Waals surface area contributed by atoms with Gasteiger partial charge in [-0.2, -0.15) is 0 Å². The van der Waals surface area contributed by atoms with E-state index in [0.29, 0.717) is 18.2 Å².